The zero-order valence-electron chi connectivity index (χ0n) is 13.1. The topological polar surface area (TPSA) is 73.6 Å². The van der Waals surface area contributed by atoms with Gasteiger partial charge < -0.3 is 9.15 Å². The van der Waals surface area contributed by atoms with Gasteiger partial charge in [0.05, 0.1) is 11.1 Å². The summed E-state index contributed by atoms with van der Waals surface area (Å²) in [4.78, 5) is 37.1. The minimum Gasteiger partial charge on any atom is -0.467 e. The maximum absolute atomic E-state index is 12.6. The van der Waals surface area contributed by atoms with E-state index in [0.29, 0.717) is 11.1 Å². The van der Waals surface area contributed by atoms with Crippen LogP contribution in [0.4, 0.5) is 0 Å². The van der Waals surface area contributed by atoms with Crippen LogP contribution in [0.3, 0.4) is 0 Å². The van der Waals surface area contributed by atoms with Gasteiger partial charge in [-0.15, -0.1) is 0 Å². The zero-order chi connectivity index (χ0) is 16.8. The number of hydrogen-bond acceptors (Lipinski definition) is 5. The molecule has 0 aliphatic heterocycles. The molecule has 0 unspecified atom stereocenters. The summed E-state index contributed by atoms with van der Waals surface area (Å²) >= 11 is 0. The Balaban J connectivity index is 1.97. The first kappa shape index (κ1) is 15.2. The lowest BCUT2D eigenvalue weighted by Gasteiger charge is -2.19. The first-order chi connectivity index (χ1) is 10.8. The predicted octanol–water partition coefficient (Wildman–Crippen LogP) is 2.94. The SMILES string of the molecule is CC(C)(C)OC(=O)Cc1occ2c1C(=O)c1ccccc1C2=O. The fourth-order valence-corrected chi connectivity index (χ4v) is 2.61. The summed E-state index contributed by atoms with van der Waals surface area (Å²) in [5.74, 6) is -0.909. The van der Waals surface area contributed by atoms with Crippen molar-refractivity contribution in [3.8, 4) is 0 Å². The summed E-state index contributed by atoms with van der Waals surface area (Å²) in [6.07, 6.45) is 1.05. The molecule has 0 saturated heterocycles. The Kier molecular flexibility index (Phi) is 3.43. The molecule has 1 heterocycles. The lowest BCUT2D eigenvalue weighted by atomic mass is 9.85. The Morgan fingerprint density at radius 2 is 1.65 bits per heavy atom. The maximum Gasteiger partial charge on any atom is 0.314 e. The van der Waals surface area contributed by atoms with Crippen molar-refractivity contribution in [1.82, 2.24) is 0 Å². The Morgan fingerprint density at radius 3 is 2.26 bits per heavy atom. The summed E-state index contributed by atoms with van der Waals surface area (Å²) in [5, 5.41) is 0. The molecule has 0 N–H and O–H groups in total. The molecule has 0 bridgehead atoms. The second-order valence-corrected chi connectivity index (χ2v) is 6.41. The maximum atomic E-state index is 12.6. The zero-order valence-corrected chi connectivity index (χ0v) is 13.1. The summed E-state index contributed by atoms with van der Waals surface area (Å²) in [6.45, 7) is 5.27. The fourth-order valence-electron chi connectivity index (χ4n) is 2.61. The van der Waals surface area contributed by atoms with Crippen molar-refractivity contribution in [2.45, 2.75) is 32.8 Å². The van der Waals surface area contributed by atoms with Crippen LogP contribution in [0.15, 0.2) is 34.9 Å². The number of furan rings is 1. The van der Waals surface area contributed by atoms with Crippen molar-refractivity contribution in [3.63, 3.8) is 0 Å². The number of benzene rings is 1. The lowest BCUT2D eigenvalue weighted by Crippen LogP contribution is -2.26. The summed E-state index contributed by atoms with van der Waals surface area (Å²) in [7, 11) is 0. The quantitative estimate of drug-likeness (QED) is 0.680. The molecular formula is C18H16O5. The Hall–Kier alpha value is -2.69. The number of rotatable bonds is 2. The van der Waals surface area contributed by atoms with Crippen LogP contribution >= 0.6 is 0 Å². The molecule has 0 saturated carbocycles. The average molecular weight is 312 g/mol. The van der Waals surface area contributed by atoms with Gasteiger partial charge in [0.2, 0.25) is 0 Å². The van der Waals surface area contributed by atoms with E-state index in [-0.39, 0.29) is 34.9 Å². The minimum absolute atomic E-state index is 0.166. The van der Waals surface area contributed by atoms with Crippen LogP contribution in [-0.2, 0) is 16.0 Å². The normalized spacial score (nSPS) is 13.5. The van der Waals surface area contributed by atoms with Gasteiger partial charge in [-0.3, -0.25) is 14.4 Å². The number of ether oxygens (including phenoxy) is 1. The van der Waals surface area contributed by atoms with E-state index in [1.54, 1.807) is 45.0 Å². The van der Waals surface area contributed by atoms with Crippen LogP contribution in [0.5, 0.6) is 0 Å². The Labute approximate surface area is 133 Å². The molecule has 1 aliphatic carbocycles. The van der Waals surface area contributed by atoms with Crippen LogP contribution in [0.1, 0.15) is 58.4 Å². The highest BCUT2D eigenvalue weighted by molar-refractivity contribution is 6.28. The van der Waals surface area contributed by atoms with Crippen LogP contribution in [-0.4, -0.2) is 23.1 Å². The van der Waals surface area contributed by atoms with Crippen molar-refractivity contribution in [2.24, 2.45) is 0 Å². The summed E-state index contributed by atoms with van der Waals surface area (Å²) in [6, 6.07) is 6.61. The van der Waals surface area contributed by atoms with E-state index in [4.69, 9.17) is 9.15 Å². The van der Waals surface area contributed by atoms with E-state index in [2.05, 4.69) is 0 Å². The Bertz CT molecular complexity index is 820. The Morgan fingerprint density at radius 1 is 1.04 bits per heavy atom. The standard InChI is InChI=1S/C18H16O5/c1-18(2,3)23-14(19)8-13-15-12(9-22-13)16(20)10-6-4-5-7-11(10)17(15)21/h4-7,9H,8H2,1-3H3. The van der Waals surface area contributed by atoms with Gasteiger partial charge >= 0.3 is 5.97 Å². The van der Waals surface area contributed by atoms with Crippen molar-refractivity contribution >= 4 is 17.5 Å². The molecule has 118 valence electrons. The second kappa shape index (κ2) is 5.19. The van der Waals surface area contributed by atoms with Crippen molar-refractivity contribution in [2.75, 3.05) is 0 Å². The van der Waals surface area contributed by atoms with Gasteiger partial charge in [-0.25, -0.2) is 0 Å². The number of fused-ring (bicyclic) bond motifs is 2. The van der Waals surface area contributed by atoms with Crippen LogP contribution < -0.4 is 0 Å². The van der Waals surface area contributed by atoms with E-state index in [1.807, 2.05) is 0 Å². The first-order valence-corrected chi connectivity index (χ1v) is 7.28. The van der Waals surface area contributed by atoms with Gasteiger partial charge in [-0.2, -0.15) is 0 Å². The van der Waals surface area contributed by atoms with E-state index < -0.39 is 11.6 Å². The van der Waals surface area contributed by atoms with E-state index in [1.165, 1.54) is 6.26 Å². The average Bonchev–Trinajstić information content (AvgIpc) is 2.87. The minimum atomic E-state index is -0.629. The van der Waals surface area contributed by atoms with E-state index in [0.717, 1.165) is 0 Å². The third-order valence-corrected chi connectivity index (χ3v) is 3.48. The number of carbonyl (C=O) groups excluding carboxylic acids is 3. The van der Waals surface area contributed by atoms with Gasteiger partial charge in [0.1, 0.15) is 24.0 Å². The van der Waals surface area contributed by atoms with Gasteiger partial charge in [0, 0.05) is 11.1 Å². The van der Waals surface area contributed by atoms with Crippen LogP contribution in [0.2, 0.25) is 0 Å². The second-order valence-electron chi connectivity index (χ2n) is 6.41. The predicted molar refractivity (Wildman–Crippen MR) is 81.6 cm³/mol. The molecule has 2 aromatic rings. The van der Waals surface area contributed by atoms with E-state index >= 15 is 0 Å². The monoisotopic (exact) mass is 312 g/mol. The molecule has 3 rings (SSSR count). The number of ketones is 2. The highest BCUT2D eigenvalue weighted by Gasteiger charge is 2.35. The highest BCUT2D eigenvalue weighted by atomic mass is 16.6. The third kappa shape index (κ3) is 2.70. The van der Waals surface area contributed by atoms with E-state index in [9.17, 15) is 14.4 Å². The van der Waals surface area contributed by atoms with Crippen molar-refractivity contribution in [1.29, 1.82) is 0 Å². The molecule has 1 aromatic heterocycles. The molecule has 1 aliphatic rings. The number of hydrogen-bond donors (Lipinski definition) is 0. The van der Waals surface area contributed by atoms with Crippen LogP contribution in [0, 0.1) is 0 Å². The smallest absolute Gasteiger partial charge is 0.314 e. The molecule has 0 spiro atoms. The number of carbonyl (C=O) groups is 3. The summed E-state index contributed by atoms with van der Waals surface area (Å²) < 4.78 is 10.6. The third-order valence-electron chi connectivity index (χ3n) is 3.48. The molecule has 23 heavy (non-hydrogen) atoms. The fraction of sp³-hybridized carbons (Fsp3) is 0.278. The van der Waals surface area contributed by atoms with Gasteiger partial charge in [0.25, 0.3) is 0 Å². The molecule has 5 nitrogen and oxygen atoms in total. The first-order valence-electron chi connectivity index (χ1n) is 7.28. The van der Waals surface area contributed by atoms with Gasteiger partial charge in [0.15, 0.2) is 11.6 Å². The molecular weight excluding hydrogens is 296 g/mol. The highest BCUT2D eigenvalue weighted by Crippen LogP contribution is 2.31. The molecule has 0 atom stereocenters. The molecule has 5 heteroatoms. The summed E-state index contributed by atoms with van der Waals surface area (Å²) in [5.41, 5.74) is 0.425. The lowest BCUT2D eigenvalue weighted by molar-refractivity contribution is -0.154. The molecule has 0 fully saturated rings. The number of esters is 1. The molecule has 0 radical (unpaired) electrons. The van der Waals surface area contributed by atoms with Gasteiger partial charge in [-0.1, -0.05) is 24.3 Å². The van der Waals surface area contributed by atoms with Crippen molar-refractivity contribution < 1.29 is 23.5 Å². The largest absolute Gasteiger partial charge is 0.467 e. The van der Waals surface area contributed by atoms with Crippen LogP contribution in [0.25, 0.3) is 0 Å². The molecule has 1 aromatic carbocycles. The molecule has 0 amide bonds. The van der Waals surface area contributed by atoms with Gasteiger partial charge in [-0.05, 0) is 20.8 Å². The van der Waals surface area contributed by atoms with Crippen molar-refractivity contribution in [3.05, 3.63) is 58.5 Å².